The first-order valence-electron chi connectivity index (χ1n) is 6.62. The first-order valence-corrected chi connectivity index (χ1v) is 8.86. The average Bonchev–Trinajstić information content (AvgIpc) is 3.19. The van der Waals surface area contributed by atoms with Crippen LogP contribution in [-0.2, 0) is 16.6 Å². The van der Waals surface area contributed by atoms with Gasteiger partial charge < -0.3 is 5.73 Å². The fourth-order valence-corrected chi connectivity index (χ4v) is 4.06. The molecular formula is C13H18Cl2N2O2S. The number of halogens is 2. The number of sulfonamides is 1. The van der Waals surface area contributed by atoms with E-state index in [0.717, 1.165) is 18.8 Å². The lowest BCUT2D eigenvalue weighted by atomic mass is 10.2. The molecule has 0 heterocycles. The fourth-order valence-electron chi connectivity index (χ4n) is 2.05. The van der Waals surface area contributed by atoms with Crippen LogP contribution in [0.2, 0.25) is 10.0 Å². The van der Waals surface area contributed by atoms with Crippen molar-refractivity contribution in [1.29, 1.82) is 0 Å². The van der Waals surface area contributed by atoms with Crippen LogP contribution in [0.5, 0.6) is 0 Å². The molecule has 1 fully saturated rings. The van der Waals surface area contributed by atoms with Crippen molar-refractivity contribution in [3.63, 3.8) is 0 Å². The molecule has 1 saturated carbocycles. The smallest absolute Gasteiger partial charge is 0.242 e. The van der Waals surface area contributed by atoms with Crippen LogP contribution in [0.3, 0.4) is 0 Å². The zero-order valence-corrected chi connectivity index (χ0v) is 13.4. The van der Waals surface area contributed by atoms with Crippen LogP contribution in [0, 0.1) is 5.92 Å². The van der Waals surface area contributed by atoms with Crippen LogP contribution in [0.15, 0.2) is 17.0 Å². The number of rotatable bonds is 7. The molecule has 0 amide bonds. The van der Waals surface area contributed by atoms with E-state index in [2.05, 4.69) is 4.72 Å². The van der Waals surface area contributed by atoms with Crippen molar-refractivity contribution in [2.24, 2.45) is 11.7 Å². The van der Waals surface area contributed by atoms with Gasteiger partial charge in [-0.15, -0.1) is 0 Å². The summed E-state index contributed by atoms with van der Waals surface area (Å²) in [7, 11) is -3.61. The van der Waals surface area contributed by atoms with E-state index in [4.69, 9.17) is 28.9 Å². The third-order valence-electron chi connectivity index (χ3n) is 3.42. The Kier molecular flexibility index (Phi) is 5.31. The molecular weight excluding hydrogens is 319 g/mol. The van der Waals surface area contributed by atoms with Crippen molar-refractivity contribution >= 4 is 33.2 Å². The molecule has 0 bridgehead atoms. The van der Waals surface area contributed by atoms with Gasteiger partial charge in [0.15, 0.2) is 0 Å². The molecule has 7 heteroatoms. The van der Waals surface area contributed by atoms with Gasteiger partial charge in [-0.3, -0.25) is 0 Å². The topological polar surface area (TPSA) is 72.2 Å². The monoisotopic (exact) mass is 336 g/mol. The van der Waals surface area contributed by atoms with Crippen molar-refractivity contribution in [2.45, 2.75) is 37.1 Å². The maximum atomic E-state index is 12.2. The Morgan fingerprint density at radius 3 is 2.60 bits per heavy atom. The van der Waals surface area contributed by atoms with Gasteiger partial charge in [0.25, 0.3) is 0 Å². The Bertz CT molecular complexity index is 586. The van der Waals surface area contributed by atoms with Crippen LogP contribution in [0.1, 0.15) is 31.2 Å². The van der Waals surface area contributed by atoms with Crippen molar-refractivity contribution in [3.8, 4) is 0 Å². The highest BCUT2D eigenvalue weighted by atomic mass is 35.5. The number of hydrogen-bond acceptors (Lipinski definition) is 3. The molecule has 3 N–H and O–H groups in total. The summed E-state index contributed by atoms with van der Waals surface area (Å²) < 4.78 is 27.0. The predicted octanol–water partition coefficient (Wildman–Crippen LogP) is 2.92. The second-order valence-electron chi connectivity index (χ2n) is 5.03. The molecule has 0 unspecified atom stereocenters. The summed E-state index contributed by atoms with van der Waals surface area (Å²) in [5.74, 6) is 0.794. The first-order chi connectivity index (χ1) is 9.45. The Labute approximate surface area is 129 Å². The molecule has 0 atom stereocenters. The second-order valence-corrected chi connectivity index (χ2v) is 7.55. The lowest BCUT2D eigenvalue weighted by Gasteiger charge is -2.11. The van der Waals surface area contributed by atoms with Crippen molar-refractivity contribution in [3.05, 3.63) is 27.7 Å². The van der Waals surface area contributed by atoms with E-state index in [1.165, 1.54) is 25.0 Å². The molecule has 20 heavy (non-hydrogen) atoms. The van der Waals surface area contributed by atoms with Gasteiger partial charge in [-0.25, -0.2) is 13.1 Å². The summed E-state index contributed by atoms with van der Waals surface area (Å²) in [6, 6.07) is 2.92. The van der Waals surface area contributed by atoms with Gasteiger partial charge in [-0.1, -0.05) is 36.0 Å². The Hall–Kier alpha value is -0.330. The van der Waals surface area contributed by atoms with Gasteiger partial charge in [0.1, 0.15) is 4.90 Å². The van der Waals surface area contributed by atoms with Crippen LogP contribution >= 0.6 is 23.2 Å². The van der Waals surface area contributed by atoms with Gasteiger partial charge in [0.05, 0.1) is 5.02 Å². The van der Waals surface area contributed by atoms with E-state index in [9.17, 15) is 8.42 Å². The Morgan fingerprint density at radius 1 is 1.30 bits per heavy atom. The SMILES string of the molecule is NCc1c(Cl)ccc(S(=O)(=O)NCCCC2CC2)c1Cl. The molecule has 112 valence electrons. The van der Waals surface area contributed by atoms with Crippen molar-refractivity contribution < 1.29 is 8.42 Å². The molecule has 1 aromatic carbocycles. The van der Waals surface area contributed by atoms with Gasteiger partial charge in [0.2, 0.25) is 10.0 Å². The third-order valence-corrected chi connectivity index (χ3v) is 5.82. The van der Waals surface area contributed by atoms with E-state index < -0.39 is 10.0 Å². The molecule has 1 aliphatic rings. The number of nitrogens with two attached hydrogens (primary N) is 1. The minimum Gasteiger partial charge on any atom is -0.326 e. The lowest BCUT2D eigenvalue weighted by Crippen LogP contribution is -2.25. The second kappa shape index (κ2) is 6.62. The number of hydrogen-bond donors (Lipinski definition) is 2. The Balaban J connectivity index is 2.07. The first kappa shape index (κ1) is 16.0. The van der Waals surface area contributed by atoms with Gasteiger partial charge in [-0.05, 0) is 30.9 Å². The van der Waals surface area contributed by atoms with Crippen molar-refractivity contribution in [2.75, 3.05) is 6.54 Å². The summed E-state index contributed by atoms with van der Waals surface area (Å²) >= 11 is 12.0. The van der Waals surface area contributed by atoms with E-state index in [-0.39, 0.29) is 16.5 Å². The van der Waals surface area contributed by atoms with Gasteiger partial charge in [-0.2, -0.15) is 0 Å². The van der Waals surface area contributed by atoms with Crippen LogP contribution in [0.25, 0.3) is 0 Å². The molecule has 0 aromatic heterocycles. The van der Waals surface area contributed by atoms with Crippen LogP contribution < -0.4 is 10.5 Å². The maximum Gasteiger partial charge on any atom is 0.242 e. The molecule has 0 saturated heterocycles. The van der Waals surface area contributed by atoms with Crippen LogP contribution in [0.4, 0.5) is 0 Å². The standard InChI is InChI=1S/C13H18Cl2N2O2S/c14-11-5-6-12(13(15)10(11)8-16)20(18,19)17-7-1-2-9-3-4-9/h5-6,9,17H,1-4,7-8,16H2. The summed E-state index contributed by atoms with van der Waals surface area (Å²) in [5, 5.41) is 0.486. The third kappa shape index (κ3) is 3.86. The minimum atomic E-state index is -3.61. The highest BCUT2D eigenvalue weighted by molar-refractivity contribution is 7.89. The molecule has 4 nitrogen and oxygen atoms in total. The number of benzene rings is 1. The molecule has 2 rings (SSSR count). The summed E-state index contributed by atoms with van der Waals surface area (Å²) in [6.07, 6.45) is 4.47. The van der Waals surface area contributed by atoms with E-state index in [1.807, 2.05) is 0 Å². The summed E-state index contributed by atoms with van der Waals surface area (Å²) in [4.78, 5) is 0.0374. The maximum absolute atomic E-state index is 12.2. The van der Waals surface area contributed by atoms with E-state index >= 15 is 0 Å². The number of nitrogens with one attached hydrogen (secondary N) is 1. The highest BCUT2D eigenvalue weighted by Crippen LogP contribution is 2.33. The molecule has 1 aromatic rings. The largest absolute Gasteiger partial charge is 0.326 e. The minimum absolute atomic E-state index is 0.0374. The lowest BCUT2D eigenvalue weighted by molar-refractivity contribution is 0.572. The molecule has 0 radical (unpaired) electrons. The molecule has 1 aliphatic carbocycles. The van der Waals surface area contributed by atoms with Crippen LogP contribution in [-0.4, -0.2) is 15.0 Å². The fraction of sp³-hybridized carbons (Fsp3) is 0.538. The zero-order chi connectivity index (χ0) is 14.8. The van der Waals surface area contributed by atoms with Crippen molar-refractivity contribution in [1.82, 2.24) is 4.72 Å². The average molecular weight is 337 g/mol. The quantitative estimate of drug-likeness (QED) is 0.752. The summed E-state index contributed by atoms with van der Waals surface area (Å²) in [6.45, 7) is 0.526. The molecule has 0 spiro atoms. The highest BCUT2D eigenvalue weighted by Gasteiger charge is 2.22. The normalized spacial score (nSPS) is 15.6. The predicted molar refractivity (Wildman–Crippen MR) is 81.5 cm³/mol. The van der Waals surface area contributed by atoms with Gasteiger partial charge >= 0.3 is 0 Å². The Morgan fingerprint density at radius 2 is 2.00 bits per heavy atom. The van der Waals surface area contributed by atoms with E-state index in [0.29, 0.717) is 17.1 Å². The van der Waals surface area contributed by atoms with E-state index in [1.54, 1.807) is 0 Å². The zero-order valence-electron chi connectivity index (χ0n) is 11.0. The summed E-state index contributed by atoms with van der Waals surface area (Å²) in [5.41, 5.74) is 5.99. The van der Waals surface area contributed by atoms with Gasteiger partial charge in [0, 0.05) is 23.7 Å². The molecule has 0 aliphatic heterocycles.